The fraction of sp³-hybridized carbons (Fsp3) is 0.318. The van der Waals surface area contributed by atoms with Crippen molar-refractivity contribution < 1.29 is 23.5 Å². The predicted octanol–water partition coefficient (Wildman–Crippen LogP) is 3.61. The second kappa shape index (κ2) is 10.4. The van der Waals surface area contributed by atoms with Crippen LogP contribution in [-0.2, 0) is 16.1 Å². The number of carbonyl (C=O) groups excluding carboxylic acids is 3. The van der Waals surface area contributed by atoms with E-state index in [1.165, 1.54) is 18.2 Å². The quantitative estimate of drug-likeness (QED) is 0.644. The Morgan fingerprint density at radius 1 is 0.967 bits per heavy atom. The van der Waals surface area contributed by atoms with Crippen molar-refractivity contribution in [2.75, 3.05) is 11.9 Å². The minimum atomic E-state index is -0.613. The summed E-state index contributed by atoms with van der Waals surface area (Å²) < 4.78 is 18.8. The SMILES string of the molecule is CC(C)(C)OC(=O)NCCC(=O)Nc1ccccc1CNC(=O)c1ccccc1F. The van der Waals surface area contributed by atoms with Gasteiger partial charge in [-0.15, -0.1) is 0 Å². The van der Waals surface area contributed by atoms with E-state index in [2.05, 4.69) is 16.0 Å². The van der Waals surface area contributed by atoms with E-state index in [-0.39, 0.29) is 31.0 Å². The van der Waals surface area contributed by atoms with Crippen LogP contribution in [0, 0.1) is 5.82 Å². The van der Waals surface area contributed by atoms with Gasteiger partial charge in [-0.3, -0.25) is 9.59 Å². The second-order valence-electron chi connectivity index (χ2n) is 7.55. The van der Waals surface area contributed by atoms with Crippen LogP contribution in [0.5, 0.6) is 0 Å². The first kappa shape index (κ1) is 22.9. The Balaban J connectivity index is 1.87. The van der Waals surface area contributed by atoms with Gasteiger partial charge < -0.3 is 20.7 Å². The molecule has 7 nitrogen and oxygen atoms in total. The molecule has 0 heterocycles. The number of nitrogens with one attached hydrogen (secondary N) is 3. The first-order valence-corrected chi connectivity index (χ1v) is 9.53. The highest BCUT2D eigenvalue weighted by molar-refractivity contribution is 5.95. The summed E-state index contributed by atoms with van der Waals surface area (Å²) in [6.45, 7) is 5.48. The van der Waals surface area contributed by atoms with Gasteiger partial charge in [0, 0.05) is 25.2 Å². The topological polar surface area (TPSA) is 96.5 Å². The molecule has 0 unspecified atom stereocenters. The molecule has 160 valence electrons. The summed E-state index contributed by atoms with van der Waals surface area (Å²) >= 11 is 0. The molecule has 0 radical (unpaired) electrons. The van der Waals surface area contributed by atoms with Crippen molar-refractivity contribution in [1.29, 1.82) is 0 Å². The zero-order valence-electron chi connectivity index (χ0n) is 17.3. The van der Waals surface area contributed by atoms with Gasteiger partial charge in [0.15, 0.2) is 0 Å². The molecule has 2 aromatic rings. The van der Waals surface area contributed by atoms with E-state index in [1.807, 2.05) is 0 Å². The van der Waals surface area contributed by atoms with Crippen LogP contribution in [0.15, 0.2) is 48.5 Å². The molecule has 30 heavy (non-hydrogen) atoms. The van der Waals surface area contributed by atoms with Crippen molar-refractivity contribution in [2.24, 2.45) is 0 Å². The number of ether oxygens (including phenoxy) is 1. The number of alkyl carbamates (subject to hydrolysis) is 1. The Kier molecular flexibility index (Phi) is 7.91. The average molecular weight is 415 g/mol. The summed E-state index contributed by atoms with van der Waals surface area (Å²) in [7, 11) is 0. The molecule has 0 saturated heterocycles. The molecular formula is C22H26FN3O4. The predicted molar refractivity (Wildman–Crippen MR) is 111 cm³/mol. The number of rotatable bonds is 7. The smallest absolute Gasteiger partial charge is 0.407 e. The molecule has 0 spiro atoms. The van der Waals surface area contributed by atoms with Crippen LogP contribution >= 0.6 is 0 Å². The largest absolute Gasteiger partial charge is 0.444 e. The van der Waals surface area contributed by atoms with E-state index in [1.54, 1.807) is 51.1 Å². The van der Waals surface area contributed by atoms with Crippen LogP contribution in [0.4, 0.5) is 14.9 Å². The van der Waals surface area contributed by atoms with Gasteiger partial charge in [-0.25, -0.2) is 9.18 Å². The highest BCUT2D eigenvalue weighted by Gasteiger charge is 2.16. The number of para-hydroxylation sites is 1. The summed E-state index contributed by atoms with van der Waals surface area (Å²) in [6.07, 6.45) is -0.540. The number of amides is 3. The van der Waals surface area contributed by atoms with Crippen molar-refractivity contribution in [3.8, 4) is 0 Å². The van der Waals surface area contributed by atoms with E-state index in [4.69, 9.17) is 4.74 Å². The van der Waals surface area contributed by atoms with Crippen LogP contribution in [0.3, 0.4) is 0 Å². The van der Waals surface area contributed by atoms with Crippen molar-refractivity contribution in [1.82, 2.24) is 10.6 Å². The van der Waals surface area contributed by atoms with Crippen molar-refractivity contribution in [3.05, 3.63) is 65.5 Å². The van der Waals surface area contributed by atoms with Gasteiger partial charge in [0.2, 0.25) is 5.91 Å². The molecule has 0 atom stereocenters. The van der Waals surface area contributed by atoms with Crippen molar-refractivity contribution in [3.63, 3.8) is 0 Å². The Bertz CT molecular complexity index is 909. The molecular weight excluding hydrogens is 389 g/mol. The van der Waals surface area contributed by atoms with Crippen LogP contribution in [0.1, 0.15) is 43.1 Å². The lowest BCUT2D eigenvalue weighted by atomic mass is 10.1. The van der Waals surface area contributed by atoms with Crippen LogP contribution in [-0.4, -0.2) is 30.1 Å². The highest BCUT2D eigenvalue weighted by Crippen LogP contribution is 2.16. The lowest BCUT2D eigenvalue weighted by Crippen LogP contribution is -2.34. The van der Waals surface area contributed by atoms with Gasteiger partial charge >= 0.3 is 6.09 Å². The number of hydrogen-bond acceptors (Lipinski definition) is 4. The molecule has 0 bridgehead atoms. The molecule has 0 aliphatic rings. The highest BCUT2D eigenvalue weighted by atomic mass is 19.1. The molecule has 0 fully saturated rings. The normalized spacial score (nSPS) is 10.8. The second-order valence-corrected chi connectivity index (χ2v) is 7.55. The maximum Gasteiger partial charge on any atom is 0.407 e. The molecule has 8 heteroatoms. The number of halogens is 1. The summed E-state index contributed by atoms with van der Waals surface area (Å²) in [5, 5.41) is 7.92. The summed E-state index contributed by atoms with van der Waals surface area (Å²) in [5.74, 6) is -1.45. The Hall–Kier alpha value is -3.42. The maximum absolute atomic E-state index is 13.7. The van der Waals surface area contributed by atoms with Crippen LogP contribution in [0.25, 0.3) is 0 Å². The Morgan fingerprint density at radius 2 is 1.63 bits per heavy atom. The minimum absolute atomic E-state index is 0.0489. The first-order chi connectivity index (χ1) is 14.2. The third-order valence-corrected chi connectivity index (χ3v) is 3.87. The van der Waals surface area contributed by atoms with Crippen LogP contribution in [0.2, 0.25) is 0 Å². The van der Waals surface area contributed by atoms with Gasteiger partial charge in [-0.2, -0.15) is 0 Å². The van der Waals surface area contributed by atoms with Crippen LogP contribution < -0.4 is 16.0 Å². The summed E-state index contributed by atoms with van der Waals surface area (Å²) in [4.78, 5) is 36.0. The monoisotopic (exact) mass is 415 g/mol. The summed E-state index contributed by atoms with van der Waals surface area (Å²) in [6, 6.07) is 12.7. The van der Waals surface area contributed by atoms with E-state index in [9.17, 15) is 18.8 Å². The average Bonchev–Trinajstić information content (AvgIpc) is 2.66. The standard InChI is InChI=1S/C22H26FN3O4/c1-22(2,3)30-21(29)24-13-12-19(27)26-18-11-7-4-8-15(18)14-25-20(28)16-9-5-6-10-17(16)23/h4-11H,12-14H2,1-3H3,(H,24,29)(H,25,28)(H,26,27). The third kappa shape index (κ3) is 7.54. The number of carbonyl (C=O) groups is 3. The zero-order valence-corrected chi connectivity index (χ0v) is 17.3. The zero-order chi connectivity index (χ0) is 22.1. The maximum atomic E-state index is 13.7. The molecule has 0 aliphatic heterocycles. The van der Waals surface area contributed by atoms with Crippen molar-refractivity contribution >= 4 is 23.6 Å². The lowest BCUT2D eigenvalue weighted by molar-refractivity contribution is -0.116. The molecule has 0 saturated carbocycles. The van der Waals surface area contributed by atoms with Gasteiger partial charge in [0.25, 0.3) is 5.91 Å². The third-order valence-electron chi connectivity index (χ3n) is 3.87. The summed E-state index contributed by atoms with van der Waals surface area (Å²) in [5.41, 5.74) is 0.523. The van der Waals surface area contributed by atoms with Gasteiger partial charge in [0.05, 0.1) is 5.56 Å². The Labute approximate surface area is 175 Å². The first-order valence-electron chi connectivity index (χ1n) is 9.53. The van der Waals surface area contributed by atoms with E-state index in [0.717, 1.165) is 0 Å². The van der Waals surface area contributed by atoms with E-state index < -0.39 is 23.4 Å². The lowest BCUT2D eigenvalue weighted by Gasteiger charge is -2.19. The number of hydrogen-bond donors (Lipinski definition) is 3. The fourth-order valence-electron chi connectivity index (χ4n) is 2.52. The molecule has 2 rings (SSSR count). The van der Waals surface area contributed by atoms with Crippen molar-refractivity contribution in [2.45, 2.75) is 39.3 Å². The van der Waals surface area contributed by atoms with E-state index >= 15 is 0 Å². The minimum Gasteiger partial charge on any atom is -0.444 e. The number of anilines is 1. The Morgan fingerprint density at radius 3 is 2.33 bits per heavy atom. The molecule has 2 aromatic carbocycles. The molecule has 0 aliphatic carbocycles. The van der Waals surface area contributed by atoms with E-state index in [0.29, 0.717) is 11.3 Å². The van der Waals surface area contributed by atoms with Gasteiger partial charge in [0.1, 0.15) is 11.4 Å². The van der Waals surface area contributed by atoms with Gasteiger partial charge in [-0.1, -0.05) is 30.3 Å². The fourth-order valence-corrected chi connectivity index (χ4v) is 2.52. The number of benzene rings is 2. The molecule has 3 N–H and O–H groups in total. The van der Waals surface area contributed by atoms with Gasteiger partial charge in [-0.05, 0) is 44.5 Å². The molecule has 3 amide bonds. The molecule has 0 aromatic heterocycles.